The van der Waals surface area contributed by atoms with Gasteiger partial charge in [0.05, 0.1) is 13.1 Å². The largest absolute Gasteiger partial charge is 0.324 e. The molecule has 1 aromatic carbocycles. The topological polar surface area (TPSA) is 56.7 Å². The minimum absolute atomic E-state index is 0.236. The fourth-order valence-electron chi connectivity index (χ4n) is 1.49. The first kappa shape index (κ1) is 10.8. The molecule has 0 spiro atoms. The van der Waals surface area contributed by atoms with Crippen molar-refractivity contribution >= 4 is 0 Å². The number of rotatable bonds is 3. The number of halogens is 1. The summed E-state index contributed by atoms with van der Waals surface area (Å²) in [7, 11) is 0. The lowest BCUT2D eigenvalue weighted by Gasteiger charge is -2.05. The van der Waals surface area contributed by atoms with E-state index < -0.39 is 0 Å². The van der Waals surface area contributed by atoms with Gasteiger partial charge in [0.25, 0.3) is 0 Å². The van der Waals surface area contributed by atoms with E-state index in [-0.39, 0.29) is 5.82 Å². The van der Waals surface area contributed by atoms with E-state index in [1.165, 1.54) is 12.1 Å². The number of nitrogens with two attached hydrogens (primary N) is 1. The van der Waals surface area contributed by atoms with Crippen LogP contribution in [0, 0.1) is 12.7 Å². The number of aromatic nitrogens is 3. The maximum absolute atomic E-state index is 13.1. The molecule has 1 aromatic heterocycles. The van der Waals surface area contributed by atoms with Crippen LogP contribution in [0.5, 0.6) is 0 Å². The summed E-state index contributed by atoms with van der Waals surface area (Å²) in [5.41, 5.74) is 7.34. The van der Waals surface area contributed by atoms with Gasteiger partial charge in [-0.1, -0.05) is 6.07 Å². The van der Waals surface area contributed by atoms with Gasteiger partial charge in [-0.05, 0) is 30.2 Å². The molecular weight excluding hydrogens is 207 g/mol. The third kappa shape index (κ3) is 2.25. The highest BCUT2D eigenvalue weighted by molar-refractivity contribution is 5.26. The monoisotopic (exact) mass is 220 g/mol. The molecule has 0 aliphatic heterocycles. The van der Waals surface area contributed by atoms with Gasteiger partial charge < -0.3 is 5.73 Å². The Morgan fingerprint density at radius 2 is 2.25 bits per heavy atom. The van der Waals surface area contributed by atoms with Gasteiger partial charge in [0, 0.05) is 0 Å². The quantitative estimate of drug-likeness (QED) is 0.846. The van der Waals surface area contributed by atoms with Crippen molar-refractivity contribution in [3.63, 3.8) is 0 Å². The molecule has 2 aromatic rings. The first-order chi connectivity index (χ1) is 7.69. The Bertz CT molecular complexity index is 492. The van der Waals surface area contributed by atoms with Gasteiger partial charge in [-0.3, -0.25) is 0 Å². The van der Waals surface area contributed by atoms with Crippen LogP contribution in [-0.2, 0) is 13.1 Å². The Labute approximate surface area is 92.9 Å². The van der Waals surface area contributed by atoms with Crippen LogP contribution in [0.15, 0.2) is 24.5 Å². The smallest absolute Gasteiger partial charge is 0.164 e. The van der Waals surface area contributed by atoms with Crippen LogP contribution < -0.4 is 5.73 Å². The van der Waals surface area contributed by atoms with Gasteiger partial charge in [0.2, 0.25) is 0 Å². The summed E-state index contributed by atoms with van der Waals surface area (Å²) >= 11 is 0. The second-order valence-electron chi connectivity index (χ2n) is 3.63. The highest BCUT2D eigenvalue weighted by Gasteiger charge is 2.03. The summed E-state index contributed by atoms with van der Waals surface area (Å²) in [6, 6.07) is 4.72. The molecule has 0 saturated heterocycles. The average molecular weight is 220 g/mol. The van der Waals surface area contributed by atoms with Crippen LogP contribution in [0.4, 0.5) is 4.39 Å². The maximum Gasteiger partial charge on any atom is 0.164 e. The first-order valence-electron chi connectivity index (χ1n) is 5.02. The molecule has 0 unspecified atom stereocenters. The molecule has 0 bridgehead atoms. The number of hydrogen-bond acceptors (Lipinski definition) is 3. The predicted octanol–water partition coefficient (Wildman–Crippen LogP) is 1.23. The molecule has 0 atom stereocenters. The van der Waals surface area contributed by atoms with Gasteiger partial charge in [0.1, 0.15) is 12.1 Å². The zero-order valence-electron chi connectivity index (χ0n) is 9.02. The molecule has 0 aliphatic carbocycles. The molecule has 2 N–H and O–H groups in total. The van der Waals surface area contributed by atoms with Gasteiger partial charge in [-0.15, -0.1) is 0 Å². The van der Waals surface area contributed by atoms with E-state index >= 15 is 0 Å². The van der Waals surface area contributed by atoms with E-state index in [0.717, 1.165) is 11.1 Å². The number of hydrogen-bond donors (Lipinski definition) is 1. The van der Waals surface area contributed by atoms with Crippen LogP contribution in [0.3, 0.4) is 0 Å². The highest BCUT2D eigenvalue weighted by Crippen LogP contribution is 2.11. The second kappa shape index (κ2) is 4.40. The Morgan fingerprint density at radius 1 is 1.44 bits per heavy atom. The van der Waals surface area contributed by atoms with Gasteiger partial charge in [0.15, 0.2) is 5.82 Å². The van der Waals surface area contributed by atoms with E-state index in [1.54, 1.807) is 17.1 Å². The van der Waals surface area contributed by atoms with Crippen LogP contribution in [0.1, 0.15) is 17.0 Å². The Kier molecular flexibility index (Phi) is 2.96. The highest BCUT2D eigenvalue weighted by atomic mass is 19.1. The molecule has 2 rings (SSSR count). The zero-order valence-corrected chi connectivity index (χ0v) is 9.02. The van der Waals surface area contributed by atoms with Crippen molar-refractivity contribution in [2.75, 3.05) is 0 Å². The van der Waals surface area contributed by atoms with Gasteiger partial charge in [-0.25, -0.2) is 14.1 Å². The lowest BCUT2D eigenvalue weighted by atomic mass is 10.1. The van der Waals surface area contributed by atoms with Crippen molar-refractivity contribution in [2.45, 2.75) is 20.0 Å². The third-order valence-corrected chi connectivity index (χ3v) is 2.41. The summed E-state index contributed by atoms with van der Waals surface area (Å²) in [5.74, 6) is 0.355. The molecule has 5 heteroatoms. The molecule has 0 fully saturated rings. The Balaban J connectivity index is 2.22. The van der Waals surface area contributed by atoms with Crippen molar-refractivity contribution in [3.05, 3.63) is 47.3 Å². The van der Waals surface area contributed by atoms with Crippen LogP contribution in [0.25, 0.3) is 0 Å². The van der Waals surface area contributed by atoms with Crippen molar-refractivity contribution in [3.8, 4) is 0 Å². The molecule has 0 saturated carbocycles. The molecule has 16 heavy (non-hydrogen) atoms. The van der Waals surface area contributed by atoms with Crippen molar-refractivity contribution in [2.24, 2.45) is 5.73 Å². The maximum atomic E-state index is 13.1. The van der Waals surface area contributed by atoms with E-state index in [1.807, 2.05) is 6.92 Å². The fourth-order valence-corrected chi connectivity index (χ4v) is 1.49. The average Bonchev–Trinajstić information content (AvgIpc) is 2.71. The summed E-state index contributed by atoms with van der Waals surface area (Å²) < 4.78 is 14.7. The van der Waals surface area contributed by atoms with Crippen LogP contribution in [-0.4, -0.2) is 14.8 Å². The molecule has 0 amide bonds. The lowest BCUT2D eigenvalue weighted by molar-refractivity contribution is 0.616. The molecule has 0 radical (unpaired) electrons. The minimum atomic E-state index is -0.236. The minimum Gasteiger partial charge on any atom is -0.324 e. The summed E-state index contributed by atoms with van der Waals surface area (Å²) in [5, 5.41) is 4.15. The van der Waals surface area contributed by atoms with E-state index in [4.69, 9.17) is 5.73 Å². The summed E-state index contributed by atoms with van der Waals surface area (Å²) in [6.45, 7) is 2.77. The number of benzene rings is 1. The number of nitrogens with zero attached hydrogens (tertiary/aromatic N) is 3. The van der Waals surface area contributed by atoms with Gasteiger partial charge in [-0.2, -0.15) is 5.10 Å². The van der Waals surface area contributed by atoms with E-state index in [0.29, 0.717) is 18.9 Å². The van der Waals surface area contributed by atoms with Crippen molar-refractivity contribution < 1.29 is 4.39 Å². The predicted molar refractivity (Wildman–Crippen MR) is 58.2 cm³/mol. The normalized spacial score (nSPS) is 10.7. The van der Waals surface area contributed by atoms with Gasteiger partial charge >= 0.3 is 0 Å². The Morgan fingerprint density at radius 3 is 2.94 bits per heavy atom. The number of aryl methyl sites for hydroxylation is 1. The second-order valence-corrected chi connectivity index (χ2v) is 3.63. The standard InChI is InChI=1S/C11H13FN4/c1-8-2-3-10(12)4-9(8)6-16-7-14-11(5-13)15-16/h2-4,7H,5-6,13H2,1H3. The first-order valence-corrected chi connectivity index (χ1v) is 5.02. The van der Waals surface area contributed by atoms with E-state index in [2.05, 4.69) is 10.1 Å². The summed E-state index contributed by atoms with van der Waals surface area (Å²) in [6.07, 6.45) is 1.60. The summed E-state index contributed by atoms with van der Waals surface area (Å²) in [4.78, 5) is 4.02. The third-order valence-electron chi connectivity index (χ3n) is 2.41. The Hall–Kier alpha value is -1.75. The molecule has 84 valence electrons. The van der Waals surface area contributed by atoms with E-state index in [9.17, 15) is 4.39 Å². The van der Waals surface area contributed by atoms with Crippen molar-refractivity contribution in [1.29, 1.82) is 0 Å². The lowest BCUT2D eigenvalue weighted by Crippen LogP contribution is -2.05. The van der Waals surface area contributed by atoms with Crippen LogP contribution >= 0.6 is 0 Å². The zero-order chi connectivity index (χ0) is 11.5. The molecule has 0 aliphatic rings. The SMILES string of the molecule is Cc1ccc(F)cc1Cn1cnc(CN)n1. The fraction of sp³-hybridized carbons (Fsp3) is 0.273. The van der Waals surface area contributed by atoms with Crippen LogP contribution in [0.2, 0.25) is 0 Å². The molecular formula is C11H13FN4. The van der Waals surface area contributed by atoms with Crippen molar-refractivity contribution in [1.82, 2.24) is 14.8 Å². The molecule has 4 nitrogen and oxygen atoms in total. The molecule has 1 heterocycles.